The summed E-state index contributed by atoms with van der Waals surface area (Å²) in [5.41, 5.74) is 2.04. The summed E-state index contributed by atoms with van der Waals surface area (Å²) in [6, 6.07) is 10.8. The summed E-state index contributed by atoms with van der Waals surface area (Å²) in [5, 5.41) is 15.9. The highest BCUT2D eigenvalue weighted by molar-refractivity contribution is 6.31. The summed E-state index contributed by atoms with van der Waals surface area (Å²) in [6.07, 6.45) is 11.0. The molecular weight excluding hydrogens is 494 g/mol. The highest BCUT2D eigenvalue weighted by Crippen LogP contribution is 2.28. The maximum Gasteiger partial charge on any atom is 0.290 e. The van der Waals surface area contributed by atoms with Gasteiger partial charge in [-0.3, -0.25) is 4.79 Å². The SMILES string of the molecule is CC1CCN(CCCC2CCCC2)C1.CCc1cc(F)ccc1F.Cc1ccc(C#N)c(Cl)c1.O=CO. The Balaban J connectivity index is 0.000000269. The van der Waals surface area contributed by atoms with Gasteiger partial charge in [0.2, 0.25) is 0 Å². The summed E-state index contributed by atoms with van der Waals surface area (Å²) >= 11 is 5.71. The minimum absolute atomic E-state index is 0.250. The number of halogens is 3. The molecule has 4 nitrogen and oxygen atoms in total. The second kappa shape index (κ2) is 18.7. The van der Waals surface area contributed by atoms with Crippen molar-refractivity contribution >= 4 is 18.1 Å². The second-order valence-corrected chi connectivity index (χ2v) is 10.2. The van der Waals surface area contributed by atoms with Crippen molar-refractivity contribution in [2.75, 3.05) is 19.6 Å². The van der Waals surface area contributed by atoms with E-state index in [4.69, 9.17) is 26.8 Å². The fourth-order valence-electron chi connectivity index (χ4n) is 4.66. The Bertz CT molecular complexity index is 966. The van der Waals surface area contributed by atoms with Crippen molar-refractivity contribution in [1.29, 1.82) is 5.26 Å². The Morgan fingerprint density at radius 2 is 1.84 bits per heavy atom. The third kappa shape index (κ3) is 13.6. The van der Waals surface area contributed by atoms with Crippen molar-refractivity contribution in [3.63, 3.8) is 0 Å². The lowest BCUT2D eigenvalue weighted by Gasteiger charge is -2.16. The van der Waals surface area contributed by atoms with Gasteiger partial charge in [0.1, 0.15) is 17.7 Å². The lowest BCUT2D eigenvalue weighted by atomic mass is 10.0. The smallest absolute Gasteiger partial charge is 0.290 e. The third-order valence-electron chi connectivity index (χ3n) is 6.70. The molecule has 1 aliphatic carbocycles. The number of carbonyl (C=O) groups is 1. The first kappa shape index (κ1) is 32.5. The number of aryl methyl sites for hydroxylation is 2. The first-order valence-corrected chi connectivity index (χ1v) is 13.5. The highest BCUT2D eigenvalue weighted by atomic mass is 35.5. The standard InChI is InChI=1S/C13H25N.C8H6ClN.C8H8F2.CH2O2/c1-12-8-10-14(11-12)9-4-7-13-5-2-3-6-13;1-6-2-3-7(5-10)8(9)4-6;1-2-6-5-7(9)3-4-8(6)10;2-1-3/h12-13H,2-11H2,1H3;2-4H,1H3;3-5H,2H2,1H3;1H,(H,2,3). The number of benzene rings is 2. The summed E-state index contributed by atoms with van der Waals surface area (Å²) in [7, 11) is 0. The van der Waals surface area contributed by atoms with Crippen LogP contribution in [0.2, 0.25) is 5.02 Å². The molecule has 1 saturated heterocycles. The first-order chi connectivity index (χ1) is 17.7. The fourth-order valence-corrected chi connectivity index (χ4v) is 4.93. The zero-order valence-corrected chi connectivity index (χ0v) is 23.1. The zero-order chi connectivity index (χ0) is 27.6. The van der Waals surface area contributed by atoms with Crippen LogP contribution in [-0.4, -0.2) is 36.1 Å². The highest BCUT2D eigenvalue weighted by Gasteiger charge is 2.19. The van der Waals surface area contributed by atoms with Crippen LogP contribution in [0.5, 0.6) is 0 Å². The van der Waals surface area contributed by atoms with Gasteiger partial charge in [0, 0.05) is 6.54 Å². The summed E-state index contributed by atoms with van der Waals surface area (Å²) in [5.74, 6) is 1.35. The molecule has 1 N–H and O–H groups in total. The molecule has 2 aliphatic rings. The average Bonchev–Trinajstić information content (AvgIpc) is 3.54. The van der Waals surface area contributed by atoms with E-state index in [2.05, 4.69) is 11.8 Å². The van der Waals surface area contributed by atoms with Crippen molar-refractivity contribution in [3.05, 3.63) is 69.7 Å². The van der Waals surface area contributed by atoms with E-state index in [1.807, 2.05) is 19.1 Å². The maximum atomic E-state index is 12.6. The van der Waals surface area contributed by atoms with E-state index in [0.29, 0.717) is 22.6 Å². The summed E-state index contributed by atoms with van der Waals surface area (Å²) in [4.78, 5) is 11.0. The van der Waals surface area contributed by atoms with Crippen LogP contribution in [0.15, 0.2) is 36.4 Å². The Hall–Kier alpha value is -2.49. The Morgan fingerprint density at radius 3 is 2.35 bits per heavy atom. The van der Waals surface area contributed by atoms with Crippen LogP contribution in [0.4, 0.5) is 8.78 Å². The predicted octanol–water partition coefficient (Wildman–Crippen LogP) is 8.05. The summed E-state index contributed by atoms with van der Waals surface area (Å²) in [6.45, 7) is 9.97. The molecule has 2 fully saturated rings. The molecule has 0 aromatic heterocycles. The Morgan fingerprint density at radius 1 is 1.16 bits per heavy atom. The van der Waals surface area contributed by atoms with E-state index in [0.717, 1.165) is 29.5 Å². The molecule has 0 bridgehead atoms. The van der Waals surface area contributed by atoms with Crippen molar-refractivity contribution in [1.82, 2.24) is 4.90 Å². The van der Waals surface area contributed by atoms with Gasteiger partial charge >= 0.3 is 0 Å². The molecule has 1 heterocycles. The monoisotopic (exact) mass is 534 g/mol. The quantitative estimate of drug-likeness (QED) is 0.394. The van der Waals surface area contributed by atoms with Crippen molar-refractivity contribution in [2.45, 2.75) is 72.1 Å². The van der Waals surface area contributed by atoms with Gasteiger partial charge < -0.3 is 10.0 Å². The van der Waals surface area contributed by atoms with Gasteiger partial charge in [-0.15, -0.1) is 0 Å². The molecule has 1 unspecified atom stereocenters. The van der Waals surface area contributed by atoms with Gasteiger partial charge in [-0.2, -0.15) is 5.26 Å². The predicted molar refractivity (Wildman–Crippen MR) is 147 cm³/mol. The lowest BCUT2D eigenvalue weighted by Crippen LogP contribution is -2.21. The molecule has 1 aliphatic heterocycles. The number of carboxylic acid groups (broad SMARTS) is 1. The fraction of sp³-hybridized carbons (Fsp3) is 0.533. The van der Waals surface area contributed by atoms with Crippen LogP contribution in [0.1, 0.15) is 75.5 Å². The van der Waals surface area contributed by atoms with Crippen LogP contribution < -0.4 is 0 Å². The van der Waals surface area contributed by atoms with E-state index >= 15 is 0 Å². The number of hydrogen-bond donors (Lipinski definition) is 1. The van der Waals surface area contributed by atoms with Crippen molar-refractivity contribution in [2.24, 2.45) is 11.8 Å². The number of nitriles is 1. The van der Waals surface area contributed by atoms with Crippen LogP contribution in [-0.2, 0) is 11.2 Å². The number of hydrogen-bond acceptors (Lipinski definition) is 3. The molecule has 2 aromatic rings. The Labute approximate surface area is 226 Å². The summed E-state index contributed by atoms with van der Waals surface area (Å²) < 4.78 is 25.0. The second-order valence-electron chi connectivity index (χ2n) is 9.78. The van der Waals surface area contributed by atoms with Crippen LogP contribution >= 0.6 is 11.6 Å². The van der Waals surface area contributed by atoms with Gasteiger partial charge in [-0.05, 0) is 99.0 Å². The van der Waals surface area contributed by atoms with Crippen LogP contribution in [0.25, 0.3) is 0 Å². The number of likely N-dealkylation sites (tertiary alicyclic amines) is 1. The molecule has 2 aromatic carbocycles. The van der Waals surface area contributed by atoms with Gasteiger partial charge in [-0.1, -0.05) is 57.2 Å². The van der Waals surface area contributed by atoms with Crippen LogP contribution in [0, 0.1) is 41.7 Å². The largest absolute Gasteiger partial charge is 0.483 e. The molecule has 1 saturated carbocycles. The van der Waals surface area contributed by atoms with Crippen molar-refractivity contribution < 1.29 is 18.7 Å². The Kier molecular flexibility index (Phi) is 16.5. The van der Waals surface area contributed by atoms with E-state index in [1.165, 1.54) is 70.6 Å². The molecule has 204 valence electrons. The molecule has 4 rings (SSSR count). The third-order valence-corrected chi connectivity index (χ3v) is 7.02. The average molecular weight is 535 g/mol. The minimum atomic E-state index is -0.377. The molecular formula is C30H41ClF2N2O2. The normalized spacial score (nSPS) is 16.8. The van der Waals surface area contributed by atoms with Crippen LogP contribution in [0.3, 0.4) is 0 Å². The van der Waals surface area contributed by atoms with E-state index in [1.54, 1.807) is 19.1 Å². The van der Waals surface area contributed by atoms with Crippen molar-refractivity contribution in [3.8, 4) is 6.07 Å². The zero-order valence-electron chi connectivity index (χ0n) is 22.4. The molecule has 0 amide bonds. The topological polar surface area (TPSA) is 64.3 Å². The van der Waals surface area contributed by atoms with Gasteiger partial charge in [0.25, 0.3) is 6.47 Å². The number of rotatable bonds is 5. The van der Waals surface area contributed by atoms with E-state index < -0.39 is 0 Å². The number of nitrogens with zero attached hydrogens (tertiary/aromatic N) is 2. The van der Waals surface area contributed by atoms with Gasteiger partial charge in [-0.25, -0.2) is 8.78 Å². The molecule has 0 spiro atoms. The molecule has 37 heavy (non-hydrogen) atoms. The lowest BCUT2D eigenvalue weighted by molar-refractivity contribution is -0.122. The van der Waals surface area contributed by atoms with Gasteiger partial charge in [0.05, 0.1) is 10.6 Å². The maximum absolute atomic E-state index is 12.6. The van der Waals surface area contributed by atoms with E-state index in [-0.39, 0.29) is 18.1 Å². The minimum Gasteiger partial charge on any atom is -0.483 e. The first-order valence-electron chi connectivity index (χ1n) is 13.1. The molecule has 0 radical (unpaired) electrons. The van der Waals surface area contributed by atoms with E-state index in [9.17, 15) is 8.78 Å². The van der Waals surface area contributed by atoms with Gasteiger partial charge in [0.15, 0.2) is 0 Å². The molecule has 1 atom stereocenters. The molecule has 7 heteroatoms.